The molecule has 0 fully saturated rings. The highest BCUT2D eigenvalue weighted by atomic mass is 19.1. The summed E-state index contributed by atoms with van der Waals surface area (Å²) >= 11 is 0. The van der Waals surface area contributed by atoms with Crippen molar-refractivity contribution in [3.8, 4) is 0 Å². The van der Waals surface area contributed by atoms with Gasteiger partial charge in [-0.1, -0.05) is 12.6 Å². The van der Waals surface area contributed by atoms with E-state index in [1.165, 1.54) is 6.07 Å². The average molecular weight is 167 g/mol. The Morgan fingerprint density at radius 3 is 3.00 bits per heavy atom. The van der Waals surface area contributed by atoms with Gasteiger partial charge in [-0.2, -0.15) is 4.39 Å². The van der Waals surface area contributed by atoms with Crippen LogP contribution in [0.1, 0.15) is 12.6 Å². The highest BCUT2D eigenvalue weighted by Gasteiger charge is 2.00. The highest BCUT2D eigenvalue weighted by Crippen LogP contribution is 2.10. The Balaban J connectivity index is 2.81. The summed E-state index contributed by atoms with van der Waals surface area (Å²) < 4.78 is 17.6. The van der Waals surface area contributed by atoms with E-state index in [9.17, 15) is 4.39 Å². The first-order chi connectivity index (χ1) is 5.74. The van der Waals surface area contributed by atoms with Crippen LogP contribution in [0.2, 0.25) is 0 Å². The largest absolute Gasteiger partial charge is 0.492 e. The van der Waals surface area contributed by atoms with Crippen molar-refractivity contribution in [3.63, 3.8) is 0 Å². The zero-order valence-corrected chi connectivity index (χ0v) is 6.88. The number of pyridine rings is 1. The summed E-state index contributed by atoms with van der Waals surface area (Å²) in [5, 5.41) is 0. The minimum Gasteiger partial charge on any atom is -0.492 e. The molecule has 3 heteroatoms. The zero-order chi connectivity index (χ0) is 8.97. The monoisotopic (exact) mass is 167 g/mol. The third kappa shape index (κ3) is 2.05. The molecule has 0 saturated carbocycles. The van der Waals surface area contributed by atoms with Gasteiger partial charge in [0.2, 0.25) is 5.95 Å². The fraction of sp³-hybridized carbons (Fsp3) is 0.222. The van der Waals surface area contributed by atoms with Crippen molar-refractivity contribution < 1.29 is 9.13 Å². The van der Waals surface area contributed by atoms with Gasteiger partial charge in [-0.15, -0.1) is 0 Å². The van der Waals surface area contributed by atoms with E-state index in [0.29, 0.717) is 18.1 Å². The fourth-order valence-corrected chi connectivity index (χ4v) is 0.812. The molecule has 1 aromatic heterocycles. The molecule has 0 bridgehead atoms. The van der Waals surface area contributed by atoms with Crippen LogP contribution in [-0.4, -0.2) is 11.6 Å². The highest BCUT2D eigenvalue weighted by molar-refractivity contribution is 5.52. The van der Waals surface area contributed by atoms with Gasteiger partial charge in [0.15, 0.2) is 0 Å². The Morgan fingerprint density at radius 2 is 2.42 bits per heavy atom. The Morgan fingerprint density at radius 1 is 1.67 bits per heavy atom. The van der Waals surface area contributed by atoms with Crippen LogP contribution in [0.4, 0.5) is 4.39 Å². The Bertz CT molecular complexity index is 286. The number of aromatic nitrogens is 1. The Labute approximate surface area is 70.7 Å². The van der Waals surface area contributed by atoms with Gasteiger partial charge < -0.3 is 4.74 Å². The minimum absolute atomic E-state index is 0.400. The second-order valence-corrected chi connectivity index (χ2v) is 2.20. The molecular formula is C9H10FNO. The van der Waals surface area contributed by atoms with Gasteiger partial charge in [0.05, 0.1) is 6.61 Å². The Kier molecular flexibility index (Phi) is 2.80. The quantitative estimate of drug-likeness (QED) is 0.508. The van der Waals surface area contributed by atoms with Crippen LogP contribution in [0.15, 0.2) is 24.8 Å². The first-order valence-electron chi connectivity index (χ1n) is 3.68. The predicted octanol–water partition coefficient (Wildman–Crippen LogP) is 2.23. The summed E-state index contributed by atoms with van der Waals surface area (Å²) in [4.78, 5) is 3.60. The van der Waals surface area contributed by atoms with Crippen LogP contribution in [0.5, 0.6) is 0 Å². The molecule has 1 aromatic rings. The van der Waals surface area contributed by atoms with E-state index < -0.39 is 5.95 Å². The molecule has 12 heavy (non-hydrogen) atoms. The summed E-state index contributed by atoms with van der Waals surface area (Å²) in [6, 6.07) is 4.51. The normalized spacial score (nSPS) is 9.50. The van der Waals surface area contributed by atoms with Gasteiger partial charge in [-0.05, 0) is 19.1 Å². The van der Waals surface area contributed by atoms with E-state index in [-0.39, 0.29) is 0 Å². The van der Waals surface area contributed by atoms with Crippen molar-refractivity contribution >= 4 is 5.76 Å². The van der Waals surface area contributed by atoms with Gasteiger partial charge >= 0.3 is 0 Å². The topological polar surface area (TPSA) is 22.1 Å². The van der Waals surface area contributed by atoms with E-state index in [0.717, 1.165) is 0 Å². The molecular weight excluding hydrogens is 157 g/mol. The van der Waals surface area contributed by atoms with Crippen molar-refractivity contribution in [2.45, 2.75) is 6.92 Å². The lowest BCUT2D eigenvalue weighted by atomic mass is 10.3. The van der Waals surface area contributed by atoms with E-state index in [4.69, 9.17) is 4.74 Å². The van der Waals surface area contributed by atoms with E-state index in [2.05, 4.69) is 11.6 Å². The number of hydrogen-bond acceptors (Lipinski definition) is 2. The molecule has 0 aliphatic rings. The lowest BCUT2D eigenvalue weighted by molar-refractivity contribution is 0.297. The molecule has 0 atom stereocenters. The molecule has 0 amide bonds. The molecule has 0 aliphatic carbocycles. The fourth-order valence-electron chi connectivity index (χ4n) is 0.812. The van der Waals surface area contributed by atoms with Gasteiger partial charge in [0, 0.05) is 0 Å². The number of hydrogen-bond donors (Lipinski definition) is 0. The molecule has 0 spiro atoms. The molecule has 0 N–H and O–H groups in total. The minimum atomic E-state index is -0.520. The zero-order valence-electron chi connectivity index (χ0n) is 6.88. The smallest absolute Gasteiger partial charge is 0.213 e. The maximum atomic E-state index is 12.6. The van der Waals surface area contributed by atoms with Crippen molar-refractivity contribution in [1.82, 2.24) is 4.98 Å². The van der Waals surface area contributed by atoms with Crippen LogP contribution in [0, 0.1) is 5.95 Å². The molecule has 0 unspecified atom stereocenters. The summed E-state index contributed by atoms with van der Waals surface area (Å²) in [5.74, 6) is -0.120. The van der Waals surface area contributed by atoms with Crippen molar-refractivity contribution in [2.24, 2.45) is 0 Å². The first kappa shape index (κ1) is 8.71. The maximum Gasteiger partial charge on any atom is 0.213 e. The standard InChI is InChI=1S/C9H10FNO/c1-3-12-7(2)8-5-4-6-9(10)11-8/h4-6H,2-3H2,1H3. The van der Waals surface area contributed by atoms with Gasteiger partial charge in [0.1, 0.15) is 11.5 Å². The lowest BCUT2D eigenvalue weighted by Crippen LogP contribution is -1.94. The van der Waals surface area contributed by atoms with Crippen LogP contribution in [0.25, 0.3) is 5.76 Å². The van der Waals surface area contributed by atoms with E-state index in [1.54, 1.807) is 12.1 Å². The number of rotatable bonds is 3. The molecule has 1 heterocycles. The van der Waals surface area contributed by atoms with Crippen LogP contribution in [-0.2, 0) is 4.74 Å². The van der Waals surface area contributed by atoms with E-state index in [1.807, 2.05) is 6.92 Å². The average Bonchev–Trinajstić information content (AvgIpc) is 2.05. The summed E-state index contributed by atoms with van der Waals surface area (Å²) in [6.45, 7) is 5.95. The number of halogens is 1. The number of nitrogens with zero attached hydrogens (tertiary/aromatic N) is 1. The second-order valence-electron chi connectivity index (χ2n) is 2.20. The predicted molar refractivity (Wildman–Crippen MR) is 44.9 cm³/mol. The maximum absolute atomic E-state index is 12.6. The molecule has 0 saturated heterocycles. The van der Waals surface area contributed by atoms with Gasteiger partial charge in [0.25, 0.3) is 0 Å². The van der Waals surface area contributed by atoms with Crippen LogP contribution >= 0.6 is 0 Å². The molecule has 0 aromatic carbocycles. The van der Waals surface area contributed by atoms with Gasteiger partial charge in [-0.3, -0.25) is 0 Å². The number of ether oxygens (including phenoxy) is 1. The molecule has 0 aliphatic heterocycles. The van der Waals surface area contributed by atoms with Gasteiger partial charge in [-0.25, -0.2) is 4.98 Å². The van der Waals surface area contributed by atoms with Crippen molar-refractivity contribution in [3.05, 3.63) is 36.4 Å². The van der Waals surface area contributed by atoms with Crippen LogP contribution < -0.4 is 0 Å². The van der Waals surface area contributed by atoms with Crippen molar-refractivity contribution in [2.75, 3.05) is 6.61 Å². The van der Waals surface area contributed by atoms with Crippen LogP contribution in [0.3, 0.4) is 0 Å². The summed E-state index contributed by atoms with van der Waals surface area (Å²) in [5.41, 5.74) is 0.442. The summed E-state index contributed by atoms with van der Waals surface area (Å²) in [7, 11) is 0. The molecule has 1 rings (SSSR count). The Hall–Kier alpha value is -1.38. The first-order valence-corrected chi connectivity index (χ1v) is 3.68. The third-order valence-electron chi connectivity index (χ3n) is 1.32. The van der Waals surface area contributed by atoms with E-state index >= 15 is 0 Å². The molecule has 64 valence electrons. The third-order valence-corrected chi connectivity index (χ3v) is 1.32. The lowest BCUT2D eigenvalue weighted by Gasteiger charge is -2.04. The molecule has 0 radical (unpaired) electrons. The second kappa shape index (κ2) is 3.85. The van der Waals surface area contributed by atoms with Crippen molar-refractivity contribution in [1.29, 1.82) is 0 Å². The SMILES string of the molecule is C=C(OCC)c1cccc(F)n1. The molecule has 2 nitrogen and oxygen atoms in total. The summed E-state index contributed by atoms with van der Waals surface area (Å²) in [6.07, 6.45) is 0.